The first-order valence-corrected chi connectivity index (χ1v) is 8.93. The fourth-order valence-corrected chi connectivity index (χ4v) is 2.44. The van der Waals surface area contributed by atoms with E-state index in [2.05, 4.69) is 15.4 Å². The number of halogens is 2. The van der Waals surface area contributed by atoms with Gasteiger partial charge in [0.15, 0.2) is 11.5 Å². The van der Waals surface area contributed by atoms with Gasteiger partial charge in [-0.2, -0.15) is 8.78 Å². The highest BCUT2D eigenvalue weighted by atomic mass is 19.3. The van der Waals surface area contributed by atoms with E-state index >= 15 is 0 Å². The zero-order valence-corrected chi connectivity index (χ0v) is 16.6. The summed E-state index contributed by atoms with van der Waals surface area (Å²) in [7, 11) is 2.62. The Morgan fingerprint density at radius 1 is 1.03 bits per heavy atom. The summed E-state index contributed by atoms with van der Waals surface area (Å²) in [5.74, 6) is -1.81. The minimum Gasteiger partial charge on any atom is -0.493 e. The Morgan fingerprint density at radius 3 is 2.35 bits per heavy atom. The smallest absolute Gasteiger partial charge is 0.387 e. The van der Waals surface area contributed by atoms with Crippen molar-refractivity contribution in [3.8, 4) is 11.5 Å². The van der Waals surface area contributed by atoms with E-state index in [9.17, 15) is 23.2 Å². The standard InChI is InChI=1S/C21H20F2N2O6/c1-24-21(28)25-19(27)18(14-6-4-3-5-7-14)31-17(26)11-9-13-8-10-15(30-20(22)23)16(12-13)29-2/h3-12,18,20H,1-2H3,(H2,24,25,27,28)/b11-9+. The number of nitrogens with one attached hydrogen (secondary N) is 2. The van der Waals surface area contributed by atoms with Crippen molar-refractivity contribution in [1.29, 1.82) is 0 Å². The summed E-state index contributed by atoms with van der Waals surface area (Å²) in [6.07, 6.45) is 1.02. The molecule has 2 N–H and O–H groups in total. The Morgan fingerprint density at radius 2 is 1.74 bits per heavy atom. The maximum Gasteiger partial charge on any atom is 0.387 e. The zero-order valence-electron chi connectivity index (χ0n) is 16.6. The molecule has 0 radical (unpaired) electrons. The molecule has 3 amide bonds. The quantitative estimate of drug-likeness (QED) is 0.489. The van der Waals surface area contributed by atoms with Gasteiger partial charge in [0.2, 0.25) is 6.10 Å². The molecule has 0 aliphatic heterocycles. The average molecular weight is 434 g/mol. The highest BCUT2D eigenvalue weighted by Gasteiger charge is 2.25. The fraction of sp³-hybridized carbons (Fsp3) is 0.190. The molecule has 0 saturated carbocycles. The van der Waals surface area contributed by atoms with E-state index in [1.54, 1.807) is 30.3 Å². The van der Waals surface area contributed by atoms with Crippen LogP contribution in [0.15, 0.2) is 54.6 Å². The van der Waals surface area contributed by atoms with E-state index in [1.807, 2.05) is 0 Å². The van der Waals surface area contributed by atoms with Gasteiger partial charge in [-0.15, -0.1) is 0 Å². The lowest BCUT2D eigenvalue weighted by atomic mass is 10.1. The molecular weight excluding hydrogens is 414 g/mol. The number of methoxy groups -OCH3 is 1. The second kappa shape index (κ2) is 11.3. The minimum absolute atomic E-state index is 0.0444. The Labute approximate surface area is 176 Å². The summed E-state index contributed by atoms with van der Waals surface area (Å²) in [5.41, 5.74) is 0.794. The molecule has 0 saturated heterocycles. The third kappa shape index (κ3) is 7.11. The molecule has 0 aliphatic carbocycles. The number of urea groups is 1. The van der Waals surface area contributed by atoms with Crippen molar-refractivity contribution < 1.29 is 37.4 Å². The van der Waals surface area contributed by atoms with E-state index in [4.69, 9.17) is 9.47 Å². The number of benzene rings is 2. The van der Waals surface area contributed by atoms with Crippen molar-refractivity contribution >= 4 is 24.0 Å². The van der Waals surface area contributed by atoms with Crippen LogP contribution in [0.4, 0.5) is 13.6 Å². The van der Waals surface area contributed by atoms with Crippen LogP contribution in [-0.4, -0.2) is 38.7 Å². The van der Waals surface area contributed by atoms with Crippen LogP contribution in [0.25, 0.3) is 6.08 Å². The van der Waals surface area contributed by atoms with Gasteiger partial charge in [-0.05, 0) is 23.8 Å². The molecule has 0 spiro atoms. The Hall–Kier alpha value is -3.95. The van der Waals surface area contributed by atoms with Crippen LogP contribution in [0.1, 0.15) is 17.2 Å². The lowest BCUT2D eigenvalue weighted by Gasteiger charge is -2.16. The van der Waals surface area contributed by atoms with Crippen molar-refractivity contribution in [3.05, 3.63) is 65.7 Å². The Balaban J connectivity index is 2.15. The largest absolute Gasteiger partial charge is 0.493 e. The van der Waals surface area contributed by atoms with Gasteiger partial charge < -0.3 is 19.5 Å². The monoisotopic (exact) mass is 434 g/mol. The van der Waals surface area contributed by atoms with Crippen molar-refractivity contribution in [2.75, 3.05) is 14.2 Å². The van der Waals surface area contributed by atoms with Gasteiger partial charge in [0.25, 0.3) is 5.91 Å². The predicted octanol–water partition coefficient (Wildman–Crippen LogP) is 3.05. The number of carbonyl (C=O) groups excluding carboxylic acids is 3. The molecule has 1 atom stereocenters. The molecule has 0 bridgehead atoms. The topological polar surface area (TPSA) is 103 Å². The number of hydrogen-bond acceptors (Lipinski definition) is 6. The maximum atomic E-state index is 12.4. The van der Waals surface area contributed by atoms with Gasteiger partial charge in [-0.25, -0.2) is 9.59 Å². The first-order valence-electron chi connectivity index (χ1n) is 8.93. The van der Waals surface area contributed by atoms with E-state index in [0.29, 0.717) is 11.1 Å². The summed E-state index contributed by atoms with van der Waals surface area (Å²) in [6.45, 7) is -3.01. The van der Waals surface area contributed by atoms with Gasteiger partial charge in [0.05, 0.1) is 7.11 Å². The Bertz CT molecular complexity index is 950. The van der Waals surface area contributed by atoms with Gasteiger partial charge in [-0.3, -0.25) is 10.1 Å². The first-order chi connectivity index (χ1) is 14.8. The van der Waals surface area contributed by atoms with Crippen LogP contribution < -0.4 is 20.1 Å². The van der Waals surface area contributed by atoms with Crippen LogP contribution in [0.3, 0.4) is 0 Å². The molecule has 1 unspecified atom stereocenters. The third-order valence-electron chi connectivity index (χ3n) is 3.85. The normalized spacial score (nSPS) is 11.6. The summed E-state index contributed by atoms with van der Waals surface area (Å²) < 4.78 is 39.4. The summed E-state index contributed by atoms with van der Waals surface area (Å²) in [6, 6.07) is 11.5. The van der Waals surface area contributed by atoms with Crippen molar-refractivity contribution in [3.63, 3.8) is 0 Å². The third-order valence-corrected chi connectivity index (χ3v) is 3.85. The molecule has 2 rings (SSSR count). The molecule has 2 aromatic carbocycles. The average Bonchev–Trinajstić information content (AvgIpc) is 2.76. The predicted molar refractivity (Wildman–Crippen MR) is 107 cm³/mol. The zero-order chi connectivity index (χ0) is 22.8. The van der Waals surface area contributed by atoms with E-state index in [-0.39, 0.29) is 11.5 Å². The second-order valence-corrected chi connectivity index (χ2v) is 5.92. The molecule has 0 aliphatic rings. The molecule has 10 heteroatoms. The fourth-order valence-electron chi connectivity index (χ4n) is 2.44. The first kappa shape index (κ1) is 23.3. The van der Waals surface area contributed by atoms with E-state index in [1.165, 1.54) is 38.4 Å². The Kier molecular flexibility index (Phi) is 8.50. The van der Waals surface area contributed by atoms with Gasteiger partial charge in [-0.1, -0.05) is 36.4 Å². The van der Waals surface area contributed by atoms with Crippen molar-refractivity contribution in [1.82, 2.24) is 10.6 Å². The molecule has 0 aromatic heterocycles. The van der Waals surface area contributed by atoms with Gasteiger partial charge in [0, 0.05) is 18.7 Å². The summed E-state index contributed by atoms with van der Waals surface area (Å²) in [4.78, 5) is 36.1. The number of esters is 1. The number of hydrogen-bond donors (Lipinski definition) is 2. The molecule has 31 heavy (non-hydrogen) atoms. The molecule has 164 valence electrons. The molecule has 0 fully saturated rings. The van der Waals surface area contributed by atoms with Crippen molar-refractivity contribution in [2.45, 2.75) is 12.7 Å². The second-order valence-electron chi connectivity index (χ2n) is 5.92. The summed E-state index contributed by atoms with van der Waals surface area (Å²) >= 11 is 0. The lowest BCUT2D eigenvalue weighted by Crippen LogP contribution is -2.41. The van der Waals surface area contributed by atoms with Crippen LogP contribution in [-0.2, 0) is 14.3 Å². The number of imide groups is 1. The number of alkyl halides is 2. The van der Waals surface area contributed by atoms with Gasteiger partial charge in [0.1, 0.15) is 0 Å². The molecule has 0 heterocycles. The van der Waals surface area contributed by atoms with Crippen molar-refractivity contribution in [2.24, 2.45) is 0 Å². The van der Waals surface area contributed by atoms with Crippen LogP contribution in [0.2, 0.25) is 0 Å². The minimum atomic E-state index is -3.01. The van der Waals surface area contributed by atoms with Crippen LogP contribution in [0.5, 0.6) is 11.5 Å². The highest BCUT2D eigenvalue weighted by Crippen LogP contribution is 2.30. The highest BCUT2D eigenvalue weighted by molar-refractivity contribution is 5.98. The molecule has 8 nitrogen and oxygen atoms in total. The number of amides is 3. The van der Waals surface area contributed by atoms with Crippen LogP contribution in [0, 0.1) is 0 Å². The number of rotatable bonds is 8. The van der Waals surface area contributed by atoms with E-state index in [0.717, 1.165) is 6.08 Å². The SMILES string of the molecule is CNC(=O)NC(=O)C(OC(=O)/C=C/c1ccc(OC(F)F)c(OC)c1)c1ccccc1. The maximum absolute atomic E-state index is 12.4. The van der Waals surface area contributed by atoms with Crippen LogP contribution >= 0.6 is 0 Å². The van der Waals surface area contributed by atoms with E-state index < -0.39 is 30.6 Å². The van der Waals surface area contributed by atoms with Gasteiger partial charge >= 0.3 is 18.6 Å². The lowest BCUT2D eigenvalue weighted by molar-refractivity contribution is -0.151. The molecular formula is C21H20F2N2O6. The molecule has 2 aromatic rings. The number of ether oxygens (including phenoxy) is 3. The number of carbonyl (C=O) groups is 3. The summed E-state index contributed by atoms with van der Waals surface area (Å²) in [5, 5.41) is 4.30.